The standard InChI is InChI=1S/C19H14F3N5OS/c20-19(21,22)18-24-14-7-2-1-6-13(14)17(26-18)29-10-4-8-15-25-16(27-28-15)12-5-3-9-23-11-12/h1-3,5-7,9,11H,4,8,10H2. The predicted molar refractivity (Wildman–Crippen MR) is 101 cm³/mol. The summed E-state index contributed by atoms with van der Waals surface area (Å²) in [6.45, 7) is 0. The Labute approximate surface area is 167 Å². The molecule has 0 bridgehead atoms. The van der Waals surface area contributed by atoms with Gasteiger partial charge in [-0.1, -0.05) is 23.4 Å². The number of aromatic nitrogens is 5. The minimum Gasteiger partial charge on any atom is -0.339 e. The number of alkyl halides is 3. The highest BCUT2D eigenvalue weighted by atomic mass is 32.2. The van der Waals surface area contributed by atoms with E-state index >= 15 is 0 Å². The van der Waals surface area contributed by atoms with Gasteiger partial charge in [0, 0.05) is 35.5 Å². The van der Waals surface area contributed by atoms with E-state index in [0.29, 0.717) is 40.7 Å². The van der Waals surface area contributed by atoms with Crippen LogP contribution in [0.3, 0.4) is 0 Å². The van der Waals surface area contributed by atoms with Gasteiger partial charge in [0.1, 0.15) is 5.03 Å². The first kappa shape index (κ1) is 19.3. The van der Waals surface area contributed by atoms with E-state index in [1.165, 1.54) is 11.8 Å². The Morgan fingerprint density at radius 2 is 1.86 bits per heavy atom. The van der Waals surface area contributed by atoms with Gasteiger partial charge in [-0.15, -0.1) is 11.8 Å². The van der Waals surface area contributed by atoms with E-state index in [2.05, 4.69) is 25.1 Å². The van der Waals surface area contributed by atoms with E-state index in [1.54, 1.807) is 42.7 Å². The molecule has 3 aromatic heterocycles. The molecule has 0 N–H and O–H groups in total. The first-order valence-electron chi connectivity index (χ1n) is 8.70. The Kier molecular flexibility index (Phi) is 5.43. The molecule has 0 fully saturated rings. The molecule has 0 aliphatic carbocycles. The van der Waals surface area contributed by atoms with E-state index in [0.717, 1.165) is 5.56 Å². The van der Waals surface area contributed by atoms with Crippen molar-refractivity contribution in [2.24, 2.45) is 0 Å². The van der Waals surface area contributed by atoms with Crippen molar-refractivity contribution in [2.75, 3.05) is 5.75 Å². The van der Waals surface area contributed by atoms with Crippen molar-refractivity contribution < 1.29 is 17.7 Å². The van der Waals surface area contributed by atoms with Crippen molar-refractivity contribution in [3.8, 4) is 11.4 Å². The lowest BCUT2D eigenvalue weighted by Gasteiger charge is -2.10. The molecule has 1 aromatic carbocycles. The molecule has 148 valence electrons. The van der Waals surface area contributed by atoms with Crippen LogP contribution in [0.25, 0.3) is 22.3 Å². The summed E-state index contributed by atoms with van der Waals surface area (Å²) in [7, 11) is 0. The van der Waals surface area contributed by atoms with Crippen LogP contribution in [-0.4, -0.2) is 30.8 Å². The molecule has 4 rings (SSSR count). The SMILES string of the molecule is FC(F)(F)c1nc(SCCCc2nc(-c3cccnc3)no2)c2ccccc2n1. The smallest absolute Gasteiger partial charge is 0.339 e. The van der Waals surface area contributed by atoms with Gasteiger partial charge >= 0.3 is 6.18 Å². The van der Waals surface area contributed by atoms with Gasteiger partial charge in [0.05, 0.1) is 5.52 Å². The third kappa shape index (κ3) is 4.53. The summed E-state index contributed by atoms with van der Waals surface area (Å²) < 4.78 is 44.5. The normalized spacial score (nSPS) is 11.8. The van der Waals surface area contributed by atoms with E-state index in [9.17, 15) is 13.2 Å². The van der Waals surface area contributed by atoms with Gasteiger partial charge in [0.2, 0.25) is 17.5 Å². The fraction of sp³-hybridized carbons (Fsp3) is 0.211. The molecule has 29 heavy (non-hydrogen) atoms. The van der Waals surface area contributed by atoms with Crippen LogP contribution < -0.4 is 0 Å². The number of nitrogens with zero attached hydrogens (tertiary/aromatic N) is 5. The molecule has 0 aliphatic rings. The molecule has 0 atom stereocenters. The first-order chi connectivity index (χ1) is 14.0. The fourth-order valence-corrected chi connectivity index (χ4v) is 3.61. The maximum Gasteiger partial charge on any atom is 0.451 e. The van der Waals surface area contributed by atoms with E-state index < -0.39 is 12.0 Å². The molecule has 3 heterocycles. The fourth-order valence-electron chi connectivity index (χ4n) is 2.65. The van der Waals surface area contributed by atoms with Crippen LogP contribution >= 0.6 is 11.8 Å². The van der Waals surface area contributed by atoms with Crippen LogP contribution in [0.5, 0.6) is 0 Å². The highest BCUT2D eigenvalue weighted by molar-refractivity contribution is 7.99. The highest BCUT2D eigenvalue weighted by Crippen LogP contribution is 2.32. The van der Waals surface area contributed by atoms with Crippen LogP contribution in [0.15, 0.2) is 58.3 Å². The number of hydrogen-bond donors (Lipinski definition) is 0. The second kappa shape index (κ2) is 8.16. The predicted octanol–water partition coefficient (Wildman–Crippen LogP) is 4.82. The molecule has 4 aromatic rings. The van der Waals surface area contributed by atoms with Gasteiger partial charge in [-0.2, -0.15) is 18.2 Å². The zero-order valence-corrected chi connectivity index (χ0v) is 15.7. The van der Waals surface area contributed by atoms with Crippen LogP contribution in [-0.2, 0) is 12.6 Å². The summed E-state index contributed by atoms with van der Waals surface area (Å²) in [5.41, 5.74) is 1.03. The molecule has 0 spiro atoms. The summed E-state index contributed by atoms with van der Waals surface area (Å²) in [5.74, 6) is 0.338. The number of thioether (sulfide) groups is 1. The minimum absolute atomic E-state index is 0.273. The van der Waals surface area contributed by atoms with Gasteiger partial charge in [-0.25, -0.2) is 9.97 Å². The molecule has 0 amide bonds. The molecule has 6 nitrogen and oxygen atoms in total. The zero-order valence-electron chi connectivity index (χ0n) is 14.9. The number of pyridine rings is 1. The average Bonchev–Trinajstić information content (AvgIpc) is 3.20. The Balaban J connectivity index is 1.42. The Morgan fingerprint density at radius 1 is 1.00 bits per heavy atom. The number of benzene rings is 1. The number of halogens is 3. The highest BCUT2D eigenvalue weighted by Gasteiger charge is 2.35. The lowest BCUT2D eigenvalue weighted by molar-refractivity contribution is -0.145. The van der Waals surface area contributed by atoms with Gasteiger partial charge in [0.25, 0.3) is 0 Å². The molecule has 0 unspecified atom stereocenters. The topological polar surface area (TPSA) is 77.6 Å². The van der Waals surface area contributed by atoms with Crippen molar-refractivity contribution in [1.29, 1.82) is 0 Å². The van der Waals surface area contributed by atoms with Gasteiger partial charge in [0.15, 0.2) is 0 Å². The molecule has 0 radical (unpaired) electrons. The van der Waals surface area contributed by atoms with E-state index in [-0.39, 0.29) is 5.52 Å². The number of fused-ring (bicyclic) bond motifs is 1. The zero-order chi connectivity index (χ0) is 20.3. The monoisotopic (exact) mass is 417 g/mol. The van der Waals surface area contributed by atoms with Crippen molar-refractivity contribution in [1.82, 2.24) is 25.1 Å². The summed E-state index contributed by atoms with van der Waals surface area (Å²) in [5, 5.41) is 4.83. The third-order valence-electron chi connectivity index (χ3n) is 3.98. The number of rotatable bonds is 6. The first-order valence-corrected chi connectivity index (χ1v) is 9.69. The number of para-hydroxylation sites is 1. The van der Waals surface area contributed by atoms with Crippen molar-refractivity contribution in [2.45, 2.75) is 24.0 Å². The van der Waals surface area contributed by atoms with Crippen LogP contribution in [0.1, 0.15) is 18.1 Å². The lowest BCUT2D eigenvalue weighted by Crippen LogP contribution is -2.11. The second-order valence-corrected chi connectivity index (χ2v) is 7.16. The Bertz CT molecular complexity index is 1120. The van der Waals surface area contributed by atoms with Gasteiger partial charge < -0.3 is 4.52 Å². The van der Waals surface area contributed by atoms with Crippen molar-refractivity contribution in [3.63, 3.8) is 0 Å². The van der Waals surface area contributed by atoms with Crippen molar-refractivity contribution in [3.05, 3.63) is 60.5 Å². The summed E-state index contributed by atoms with van der Waals surface area (Å²) >= 11 is 1.25. The molecule has 10 heteroatoms. The third-order valence-corrected chi connectivity index (χ3v) is 5.06. The number of hydrogen-bond acceptors (Lipinski definition) is 7. The maximum atomic E-state index is 13.1. The quantitative estimate of drug-likeness (QED) is 0.253. The van der Waals surface area contributed by atoms with E-state index in [1.807, 2.05) is 6.07 Å². The van der Waals surface area contributed by atoms with Crippen LogP contribution in [0.4, 0.5) is 13.2 Å². The summed E-state index contributed by atoms with van der Waals surface area (Å²) in [6.07, 6.45) is -0.147. The number of aryl methyl sites for hydroxylation is 1. The van der Waals surface area contributed by atoms with Gasteiger partial charge in [-0.3, -0.25) is 4.98 Å². The lowest BCUT2D eigenvalue weighted by atomic mass is 10.2. The molecule has 0 aliphatic heterocycles. The molecule has 0 saturated carbocycles. The Morgan fingerprint density at radius 3 is 2.66 bits per heavy atom. The molecular weight excluding hydrogens is 403 g/mol. The molecule has 0 saturated heterocycles. The summed E-state index contributed by atoms with van der Waals surface area (Å²) in [6, 6.07) is 10.3. The van der Waals surface area contributed by atoms with Crippen LogP contribution in [0, 0.1) is 0 Å². The second-order valence-electron chi connectivity index (χ2n) is 6.07. The minimum atomic E-state index is -4.59. The van der Waals surface area contributed by atoms with E-state index in [4.69, 9.17) is 4.52 Å². The molecular formula is C19H14F3N5OS. The average molecular weight is 417 g/mol. The largest absolute Gasteiger partial charge is 0.451 e. The van der Waals surface area contributed by atoms with Gasteiger partial charge in [-0.05, 0) is 24.6 Å². The Hall–Kier alpha value is -3.01. The maximum absolute atomic E-state index is 13.1. The van der Waals surface area contributed by atoms with Crippen LogP contribution in [0.2, 0.25) is 0 Å². The summed E-state index contributed by atoms with van der Waals surface area (Å²) in [4.78, 5) is 15.7. The van der Waals surface area contributed by atoms with Crippen molar-refractivity contribution >= 4 is 22.7 Å².